The fourth-order valence-electron chi connectivity index (χ4n) is 3.51. The van der Waals surface area contributed by atoms with Gasteiger partial charge in [0.1, 0.15) is 5.82 Å². The molecule has 0 saturated carbocycles. The maximum absolute atomic E-state index is 14.7. The number of rotatable bonds is 9. The van der Waals surface area contributed by atoms with Gasteiger partial charge in [0.25, 0.3) is 0 Å². The van der Waals surface area contributed by atoms with E-state index in [2.05, 4.69) is 11.7 Å². The predicted molar refractivity (Wildman–Crippen MR) is 108 cm³/mol. The normalized spacial score (nSPS) is 11.4. The van der Waals surface area contributed by atoms with Crippen LogP contribution in [0.2, 0.25) is 0 Å². The van der Waals surface area contributed by atoms with Gasteiger partial charge in [-0.2, -0.15) is 8.78 Å². The Morgan fingerprint density at radius 1 is 0.862 bits per heavy atom. The minimum absolute atomic E-state index is 0.149. The summed E-state index contributed by atoms with van der Waals surface area (Å²) in [6.07, 6.45) is 6.65. The van der Waals surface area contributed by atoms with E-state index in [-0.39, 0.29) is 11.2 Å². The van der Waals surface area contributed by atoms with Crippen molar-refractivity contribution in [2.24, 2.45) is 0 Å². The van der Waals surface area contributed by atoms with E-state index in [0.29, 0.717) is 16.5 Å². The number of hydrogen-bond donors (Lipinski definition) is 0. The number of aryl methyl sites for hydroxylation is 1. The monoisotopic (exact) mass is 404 g/mol. The highest BCUT2D eigenvalue weighted by Crippen LogP contribution is 2.32. The first-order valence-electron chi connectivity index (χ1n) is 9.95. The van der Waals surface area contributed by atoms with E-state index in [1.165, 1.54) is 31.4 Å². The molecule has 154 valence electrons. The van der Waals surface area contributed by atoms with Crippen molar-refractivity contribution in [2.75, 3.05) is 0 Å². The lowest BCUT2D eigenvalue weighted by molar-refractivity contribution is -0.0520. The van der Waals surface area contributed by atoms with Gasteiger partial charge in [-0.15, -0.1) is 0 Å². The van der Waals surface area contributed by atoms with Crippen LogP contribution in [-0.2, 0) is 6.42 Å². The van der Waals surface area contributed by atoms with E-state index >= 15 is 0 Å². The molecule has 0 amide bonds. The Bertz CT molecular complexity index is 968. The van der Waals surface area contributed by atoms with E-state index in [1.54, 1.807) is 24.3 Å². The average Bonchev–Trinajstić information content (AvgIpc) is 2.69. The first-order chi connectivity index (χ1) is 14.0. The Morgan fingerprint density at radius 2 is 1.66 bits per heavy atom. The molecule has 0 saturated heterocycles. The number of fused-ring (bicyclic) bond motifs is 1. The summed E-state index contributed by atoms with van der Waals surface area (Å²) in [5, 5.41) is 0.636. The molecule has 0 radical (unpaired) electrons. The third-order valence-electron chi connectivity index (χ3n) is 5.05. The van der Waals surface area contributed by atoms with Crippen molar-refractivity contribution in [3.63, 3.8) is 0 Å². The molecule has 0 N–H and O–H groups in total. The van der Waals surface area contributed by atoms with Crippen LogP contribution in [0.5, 0.6) is 5.75 Å². The third kappa shape index (κ3) is 5.28. The zero-order valence-corrected chi connectivity index (χ0v) is 16.4. The van der Waals surface area contributed by atoms with Gasteiger partial charge in [-0.3, -0.25) is 0 Å². The molecule has 3 aromatic carbocycles. The van der Waals surface area contributed by atoms with Gasteiger partial charge in [-0.25, -0.2) is 8.78 Å². The molecule has 5 heteroatoms. The predicted octanol–water partition coefficient (Wildman–Crippen LogP) is 7.90. The highest BCUT2D eigenvalue weighted by Gasteiger charge is 2.14. The molecule has 0 bridgehead atoms. The zero-order valence-electron chi connectivity index (χ0n) is 16.4. The number of unbranched alkanes of at least 4 members (excludes halogenated alkanes) is 4. The standard InChI is InChI=1S/C24H24F4O/c1-2-3-4-5-6-7-16-8-11-19(21(25)14-16)17-9-12-20-18(15-17)10-13-22(23(20)26)29-24(27)28/h8-15,24H,2-7H2,1H3. The second-order valence-corrected chi connectivity index (χ2v) is 7.17. The fourth-order valence-corrected chi connectivity index (χ4v) is 3.51. The molecular formula is C24H24F4O. The summed E-state index contributed by atoms with van der Waals surface area (Å²) in [6.45, 7) is -0.925. The lowest BCUT2D eigenvalue weighted by atomic mass is 9.98. The smallest absolute Gasteiger partial charge is 0.387 e. The van der Waals surface area contributed by atoms with Crippen LogP contribution in [0.25, 0.3) is 21.9 Å². The highest BCUT2D eigenvalue weighted by atomic mass is 19.3. The van der Waals surface area contributed by atoms with Gasteiger partial charge in [-0.05, 0) is 47.6 Å². The second kappa shape index (κ2) is 9.77. The van der Waals surface area contributed by atoms with E-state index in [0.717, 1.165) is 30.9 Å². The van der Waals surface area contributed by atoms with Crippen LogP contribution in [0.3, 0.4) is 0 Å². The number of halogens is 4. The van der Waals surface area contributed by atoms with Crippen LogP contribution < -0.4 is 4.74 Å². The molecule has 0 aromatic heterocycles. The van der Waals surface area contributed by atoms with Gasteiger partial charge in [0.15, 0.2) is 11.6 Å². The first-order valence-corrected chi connectivity index (χ1v) is 9.95. The van der Waals surface area contributed by atoms with Crippen LogP contribution in [0.4, 0.5) is 17.6 Å². The molecule has 0 spiro atoms. The summed E-state index contributed by atoms with van der Waals surface area (Å²) >= 11 is 0. The van der Waals surface area contributed by atoms with Crippen molar-refractivity contribution in [2.45, 2.75) is 52.1 Å². The second-order valence-electron chi connectivity index (χ2n) is 7.17. The summed E-state index contributed by atoms with van der Waals surface area (Å²) in [5.41, 5.74) is 1.99. The van der Waals surface area contributed by atoms with Crippen molar-refractivity contribution in [3.8, 4) is 16.9 Å². The topological polar surface area (TPSA) is 9.23 Å². The number of benzene rings is 3. The summed E-state index contributed by atoms with van der Waals surface area (Å²) in [7, 11) is 0. The van der Waals surface area contributed by atoms with E-state index in [4.69, 9.17) is 0 Å². The van der Waals surface area contributed by atoms with Gasteiger partial charge < -0.3 is 4.74 Å². The fraction of sp³-hybridized carbons (Fsp3) is 0.333. The third-order valence-corrected chi connectivity index (χ3v) is 5.05. The molecule has 0 unspecified atom stereocenters. The Morgan fingerprint density at radius 3 is 2.38 bits per heavy atom. The Labute approximate surface area is 168 Å². The lowest BCUT2D eigenvalue weighted by Gasteiger charge is -2.10. The Balaban J connectivity index is 1.79. The quantitative estimate of drug-likeness (QED) is 0.260. The molecule has 3 rings (SSSR count). The summed E-state index contributed by atoms with van der Waals surface area (Å²) < 4.78 is 58.0. The number of hydrogen-bond acceptors (Lipinski definition) is 1. The average molecular weight is 404 g/mol. The molecule has 0 heterocycles. The van der Waals surface area contributed by atoms with Crippen molar-refractivity contribution in [3.05, 3.63) is 65.7 Å². The van der Waals surface area contributed by atoms with Crippen LogP contribution in [0.15, 0.2) is 48.5 Å². The van der Waals surface area contributed by atoms with Gasteiger partial charge in [-0.1, -0.05) is 62.9 Å². The van der Waals surface area contributed by atoms with E-state index in [9.17, 15) is 17.6 Å². The maximum atomic E-state index is 14.7. The molecule has 0 fully saturated rings. The Hall–Kier alpha value is -2.56. The van der Waals surface area contributed by atoms with Gasteiger partial charge in [0.2, 0.25) is 0 Å². The van der Waals surface area contributed by atoms with Gasteiger partial charge >= 0.3 is 6.61 Å². The molecule has 0 atom stereocenters. The van der Waals surface area contributed by atoms with Gasteiger partial charge in [0, 0.05) is 10.9 Å². The molecular weight excluding hydrogens is 380 g/mol. The maximum Gasteiger partial charge on any atom is 0.387 e. The summed E-state index contributed by atoms with van der Waals surface area (Å²) in [4.78, 5) is 0. The van der Waals surface area contributed by atoms with Crippen LogP contribution in [0.1, 0.15) is 44.6 Å². The molecule has 0 aliphatic rings. The molecule has 29 heavy (non-hydrogen) atoms. The van der Waals surface area contributed by atoms with Crippen molar-refractivity contribution in [1.82, 2.24) is 0 Å². The SMILES string of the molecule is CCCCCCCc1ccc(-c2ccc3c(F)c(OC(F)F)ccc3c2)c(F)c1. The van der Waals surface area contributed by atoms with Crippen molar-refractivity contribution in [1.29, 1.82) is 0 Å². The molecule has 0 aliphatic carbocycles. The zero-order chi connectivity index (χ0) is 20.8. The minimum atomic E-state index is -3.10. The van der Waals surface area contributed by atoms with E-state index in [1.807, 2.05) is 6.07 Å². The number of alkyl halides is 2. The summed E-state index contributed by atoms with van der Waals surface area (Å²) in [5.74, 6) is -1.68. The Kier molecular flexibility index (Phi) is 7.13. The molecule has 3 aromatic rings. The molecule has 0 aliphatic heterocycles. The van der Waals surface area contributed by atoms with Crippen LogP contribution in [0, 0.1) is 11.6 Å². The number of ether oxygens (including phenoxy) is 1. The van der Waals surface area contributed by atoms with Crippen LogP contribution in [-0.4, -0.2) is 6.61 Å². The minimum Gasteiger partial charge on any atom is -0.432 e. The molecule has 1 nitrogen and oxygen atoms in total. The first kappa shape index (κ1) is 21.2. The van der Waals surface area contributed by atoms with E-state index < -0.39 is 18.2 Å². The van der Waals surface area contributed by atoms with Crippen molar-refractivity contribution < 1.29 is 22.3 Å². The van der Waals surface area contributed by atoms with Crippen LogP contribution >= 0.6 is 0 Å². The van der Waals surface area contributed by atoms with Crippen molar-refractivity contribution >= 4 is 10.8 Å². The highest BCUT2D eigenvalue weighted by molar-refractivity contribution is 5.89. The lowest BCUT2D eigenvalue weighted by Crippen LogP contribution is -2.03. The van der Waals surface area contributed by atoms with Gasteiger partial charge in [0.05, 0.1) is 0 Å². The largest absolute Gasteiger partial charge is 0.432 e. The summed E-state index contributed by atoms with van der Waals surface area (Å²) in [6, 6.07) is 12.5.